The minimum absolute atomic E-state index is 0.993. The van der Waals surface area contributed by atoms with Crippen LogP contribution >= 0.6 is 0 Å². The first kappa shape index (κ1) is 9.85. The molecule has 1 aromatic carbocycles. The SMILES string of the molecule is c1ccc(-c2cccc(-c3cc[nH]c3)n2)cc1. The van der Waals surface area contributed by atoms with Crippen LogP contribution in [-0.2, 0) is 0 Å². The maximum atomic E-state index is 4.67. The first-order valence-corrected chi connectivity index (χ1v) is 5.59. The number of pyridine rings is 1. The van der Waals surface area contributed by atoms with Crippen molar-refractivity contribution in [2.75, 3.05) is 0 Å². The molecule has 0 bridgehead atoms. The molecule has 1 N–H and O–H groups in total. The summed E-state index contributed by atoms with van der Waals surface area (Å²) in [7, 11) is 0. The molecule has 3 rings (SSSR count). The van der Waals surface area contributed by atoms with Gasteiger partial charge in [0.15, 0.2) is 0 Å². The van der Waals surface area contributed by atoms with Gasteiger partial charge in [-0.1, -0.05) is 36.4 Å². The van der Waals surface area contributed by atoms with Crippen molar-refractivity contribution in [2.45, 2.75) is 0 Å². The van der Waals surface area contributed by atoms with Gasteiger partial charge in [-0.3, -0.25) is 0 Å². The van der Waals surface area contributed by atoms with Crippen molar-refractivity contribution in [2.24, 2.45) is 0 Å². The molecule has 2 aromatic heterocycles. The number of hydrogen-bond donors (Lipinski definition) is 1. The Kier molecular flexibility index (Phi) is 2.47. The fourth-order valence-corrected chi connectivity index (χ4v) is 1.85. The van der Waals surface area contributed by atoms with E-state index in [0.29, 0.717) is 0 Å². The maximum Gasteiger partial charge on any atom is 0.0724 e. The van der Waals surface area contributed by atoms with Crippen LogP contribution in [0.25, 0.3) is 22.5 Å². The Morgan fingerprint density at radius 1 is 0.706 bits per heavy atom. The van der Waals surface area contributed by atoms with E-state index in [1.54, 1.807) is 0 Å². The zero-order valence-electron chi connectivity index (χ0n) is 9.30. The molecular weight excluding hydrogens is 208 g/mol. The molecular formula is C15H12N2. The summed E-state index contributed by atoms with van der Waals surface area (Å²) >= 11 is 0. The van der Waals surface area contributed by atoms with Crippen molar-refractivity contribution in [1.82, 2.24) is 9.97 Å². The molecule has 2 nitrogen and oxygen atoms in total. The van der Waals surface area contributed by atoms with E-state index in [-0.39, 0.29) is 0 Å². The average Bonchev–Trinajstić information content (AvgIpc) is 2.94. The van der Waals surface area contributed by atoms with Gasteiger partial charge in [0.05, 0.1) is 11.4 Å². The molecule has 0 fully saturated rings. The van der Waals surface area contributed by atoms with Gasteiger partial charge in [0, 0.05) is 23.5 Å². The van der Waals surface area contributed by atoms with Crippen LogP contribution in [0.5, 0.6) is 0 Å². The van der Waals surface area contributed by atoms with Gasteiger partial charge in [0.25, 0.3) is 0 Å². The topological polar surface area (TPSA) is 28.7 Å². The summed E-state index contributed by atoms with van der Waals surface area (Å²) in [5.74, 6) is 0. The quantitative estimate of drug-likeness (QED) is 0.700. The lowest BCUT2D eigenvalue weighted by Gasteiger charge is -2.03. The molecule has 2 heterocycles. The van der Waals surface area contributed by atoms with Crippen molar-refractivity contribution in [3.8, 4) is 22.5 Å². The van der Waals surface area contributed by atoms with Gasteiger partial charge in [0.2, 0.25) is 0 Å². The summed E-state index contributed by atoms with van der Waals surface area (Å²) < 4.78 is 0. The fourth-order valence-electron chi connectivity index (χ4n) is 1.85. The highest BCUT2D eigenvalue weighted by atomic mass is 14.7. The molecule has 0 unspecified atom stereocenters. The Morgan fingerprint density at radius 3 is 2.18 bits per heavy atom. The van der Waals surface area contributed by atoms with Crippen LogP contribution in [0.1, 0.15) is 0 Å². The zero-order chi connectivity index (χ0) is 11.5. The molecule has 0 spiro atoms. The van der Waals surface area contributed by atoms with Crippen LogP contribution < -0.4 is 0 Å². The first-order valence-electron chi connectivity index (χ1n) is 5.59. The predicted octanol–water partition coefficient (Wildman–Crippen LogP) is 3.74. The van der Waals surface area contributed by atoms with Crippen LogP contribution in [0.3, 0.4) is 0 Å². The standard InChI is InChI=1S/C15H12N2/c1-2-5-12(6-3-1)14-7-4-8-15(17-14)13-9-10-16-11-13/h1-11,16H. The number of aromatic nitrogens is 2. The van der Waals surface area contributed by atoms with Gasteiger partial charge in [0.1, 0.15) is 0 Å². The van der Waals surface area contributed by atoms with Crippen LogP contribution in [0.4, 0.5) is 0 Å². The van der Waals surface area contributed by atoms with Gasteiger partial charge >= 0.3 is 0 Å². The number of hydrogen-bond acceptors (Lipinski definition) is 1. The highest BCUT2D eigenvalue weighted by molar-refractivity contribution is 5.65. The number of aromatic amines is 1. The minimum atomic E-state index is 0.993. The van der Waals surface area contributed by atoms with E-state index in [0.717, 1.165) is 22.5 Å². The van der Waals surface area contributed by atoms with Crippen molar-refractivity contribution < 1.29 is 0 Å². The Labute approximate surface area is 100.0 Å². The van der Waals surface area contributed by atoms with Crippen LogP contribution in [-0.4, -0.2) is 9.97 Å². The van der Waals surface area contributed by atoms with Gasteiger partial charge in [-0.15, -0.1) is 0 Å². The van der Waals surface area contributed by atoms with Crippen molar-refractivity contribution in [3.63, 3.8) is 0 Å². The second-order valence-electron chi connectivity index (χ2n) is 3.87. The molecule has 0 radical (unpaired) electrons. The van der Waals surface area contributed by atoms with Gasteiger partial charge in [-0.25, -0.2) is 4.98 Å². The average molecular weight is 220 g/mol. The molecule has 0 aliphatic rings. The lowest BCUT2D eigenvalue weighted by Crippen LogP contribution is -1.86. The van der Waals surface area contributed by atoms with E-state index >= 15 is 0 Å². The van der Waals surface area contributed by atoms with E-state index in [1.807, 2.05) is 54.9 Å². The van der Waals surface area contributed by atoms with Crippen LogP contribution in [0.2, 0.25) is 0 Å². The van der Waals surface area contributed by atoms with Crippen molar-refractivity contribution in [1.29, 1.82) is 0 Å². The third-order valence-corrected chi connectivity index (χ3v) is 2.71. The number of rotatable bonds is 2. The lowest BCUT2D eigenvalue weighted by molar-refractivity contribution is 1.32. The molecule has 2 heteroatoms. The summed E-state index contributed by atoms with van der Waals surface area (Å²) in [5, 5.41) is 0. The lowest BCUT2D eigenvalue weighted by atomic mass is 10.1. The van der Waals surface area contributed by atoms with Gasteiger partial charge in [-0.2, -0.15) is 0 Å². The van der Waals surface area contributed by atoms with E-state index in [9.17, 15) is 0 Å². The summed E-state index contributed by atoms with van der Waals surface area (Å²) in [5.41, 5.74) is 4.25. The third-order valence-electron chi connectivity index (χ3n) is 2.71. The number of H-pyrrole nitrogens is 1. The summed E-state index contributed by atoms with van der Waals surface area (Å²) in [6.45, 7) is 0. The molecule has 0 atom stereocenters. The fraction of sp³-hybridized carbons (Fsp3) is 0. The van der Waals surface area contributed by atoms with Crippen LogP contribution in [0.15, 0.2) is 67.0 Å². The van der Waals surface area contributed by atoms with Gasteiger partial charge < -0.3 is 4.98 Å². The van der Waals surface area contributed by atoms with Crippen molar-refractivity contribution in [3.05, 3.63) is 67.0 Å². The normalized spacial score (nSPS) is 10.4. The second-order valence-corrected chi connectivity index (χ2v) is 3.87. The molecule has 0 saturated carbocycles. The zero-order valence-corrected chi connectivity index (χ0v) is 9.30. The predicted molar refractivity (Wildman–Crippen MR) is 69.5 cm³/mol. The van der Waals surface area contributed by atoms with Crippen molar-refractivity contribution >= 4 is 0 Å². The Bertz CT molecular complexity index is 598. The molecule has 0 aliphatic heterocycles. The first-order chi connectivity index (χ1) is 8.43. The van der Waals surface area contributed by atoms with Crippen LogP contribution in [0, 0.1) is 0 Å². The van der Waals surface area contributed by atoms with E-state index in [2.05, 4.69) is 22.1 Å². The molecule has 0 aliphatic carbocycles. The summed E-state index contributed by atoms with van der Waals surface area (Å²) in [4.78, 5) is 7.71. The third kappa shape index (κ3) is 1.97. The Morgan fingerprint density at radius 2 is 1.47 bits per heavy atom. The van der Waals surface area contributed by atoms with Gasteiger partial charge in [-0.05, 0) is 18.2 Å². The monoisotopic (exact) mass is 220 g/mol. The summed E-state index contributed by atoms with van der Waals surface area (Å²) in [6.07, 6.45) is 3.86. The number of benzene rings is 1. The molecule has 3 aromatic rings. The largest absolute Gasteiger partial charge is 0.367 e. The number of nitrogens with zero attached hydrogens (tertiary/aromatic N) is 1. The second kappa shape index (κ2) is 4.26. The highest BCUT2D eigenvalue weighted by Crippen LogP contribution is 2.21. The highest BCUT2D eigenvalue weighted by Gasteiger charge is 2.02. The molecule has 17 heavy (non-hydrogen) atoms. The molecule has 0 amide bonds. The molecule has 0 saturated heterocycles. The smallest absolute Gasteiger partial charge is 0.0724 e. The number of nitrogens with one attached hydrogen (secondary N) is 1. The minimum Gasteiger partial charge on any atom is -0.367 e. The van der Waals surface area contributed by atoms with E-state index in [4.69, 9.17) is 0 Å². The maximum absolute atomic E-state index is 4.67. The summed E-state index contributed by atoms with van der Waals surface area (Å²) in [6, 6.07) is 18.3. The Balaban J connectivity index is 2.06. The van der Waals surface area contributed by atoms with E-state index in [1.165, 1.54) is 0 Å². The molecule has 82 valence electrons. The Hall–Kier alpha value is -2.35. The van der Waals surface area contributed by atoms with E-state index < -0.39 is 0 Å².